The van der Waals surface area contributed by atoms with Gasteiger partial charge in [-0.05, 0) is 30.2 Å². The van der Waals surface area contributed by atoms with E-state index in [0.717, 1.165) is 11.9 Å². The summed E-state index contributed by atoms with van der Waals surface area (Å²) < 4.78 is 11.0. The summed E-state index contributed by atoms with van der Waals surface area (Å²) in [4.78, 5) is 15.3. The Morgan fingerprint density at radius 3 is 2.84 bits per heavy atom. The first kappa shape index (κ1) is 15.4. The highest BCUT2D eigenvalue weighted by Gasteiger charge is 2.12. The van der Waals surface area contributed by atoms with E-state index >= 15 is 0 Å². The van der Waals surface area contributed by atoms with Gasteiger partial charge in [-0.2, -0.15) is 0 Å². The third-order valence-corrected chi connectivity index (χ3v) is 4.15. The van der Waals surface area contributed by atoms with Crippen molar-refractivity contribution in [2.45, 2.75) is 6.42 Å². The molecule has 3 N–H and O–H groups in total. The molecular formula is C19H19N3O3. The molecule has 25 heavy (non-hydrogen) atoms. The number of hydrogen-bond acceptors (Lipinski definition) is 3. The number of fused-ring (bicyclic) bond motifs is 2. The molecule has 1 aliphatic rings. The summed E-state index contributed by atoms with van der Waals surface area (Å²) in [5.41, 5.74) is 2.97. The summed E-state index contributed by atoms with van der Waals surface area (Å²) in [6.07, 6.45) is 2.75. The van der Waals surface area contributed by atoms with Gasteiger partial charge in [-0.25, -0.2) is 4.79 Å². The van der Waals surface area contributed by atoms with E-state index in [4.69, 9.17) is 9.47 Å². The van der Waals surface area contributed by atoms with Crippen LogP contribution in [0.1, 0.15) is 5.56 Å². The van der Waals surface area contributed by atoms with E-state index in [0.29, 0.717) is 36.9 Å². The van der Waals surface area contributed by atoms with E-state index in [-0.39, 0.29) is 6.03 Å². The fourth-order valence-electron chi connectivity index (χ4n) is 2.95. The molecule has 6 nitrogen and oxygen atoms in total. The minimum atomic E-state index is -0.239. The van der Waals surface area contributed by atoms with Gasteiger partial charge in [0.1, 0.15) is 13.2 Å². The molecule has 0 fully saturated rings. The zero-order valence-electron chi connectivity index (χ0n) is 13.7. The van der Waals surface area contributed by atoms with Crippen LogP contribution in [0, 0.1) is 0 Å². The number of nitrogens with one attached hydrogen (secondary N) is 3. The van der Waals surface area contributed by atoms with Crippen molar-refractivity contribution >= 4 is 22.6 Å². The van der Waals surface area contributed by atoms with Gasteiger partial charge in [-0.1, -0.05) is 18.2 Å². The van der Waals surface area contributed by atoms with Crippen LogP contribution < -0.4 is 20.1 Å². The van der Waals surface area contributed by atoms with Gasteiger partial charge in [0.25, 0.3) is 0 Å². The molecular weight excluding hydrogens is 318 g/mol. The smallest absolute Gasteiger partial charge is 0.319 e. The summed E-state index contributed by atoms with van der Waals surface area (Å²) in [7, 11) is 0. The molecule has 2 heterocycles. The lowest BCUT2D eigenvalue weighted by molar-refractivity contribution is 0.171. The zero-order valence-corrected chi connectivity index (χ0v) is 13.7. The molecule has 2 amide bonds. The highest BCUT2D eigenvalue weighted by Crippen LogP contribution is 2.32. The molecule has 0 radical (unpaired) electrons. The van der Waals surface area contributed by atoms with E-state index in [1.54, 1.807) is 18.2 Å². The highest BCUT2D eigenvalue weighted by atomic mass is 16.6. The molecule has 128 valence electrons. The number of carbonyl (C=O) groups excluding carboxylic acids is 1. The molecule has 0 spiro atoms. The number of benzene rings is 2. The second-order valence-electron chi connectivity index (χ2n) is 5.85. The minimum Gasteiger partial charge on any atom is -0.486 e. The molecule has 6 heteroatoms. The third kappa shape index (κ3) is 3.38. The largest absolute Gasteiger partial charge is 0.486 e. The zero-order chi connectivity index (χ0) is 17.1. The molecule has 0 saturated carbocycles. The lowest BCUT2D eigenvalue weighted by Crippen LogP contribution is -2.30. The van der Waals surface area contributed by atoms with Gasteiger partial charge in [0.15, 0.2) is 11.5 Å². The van der Waals surface area contributed by atoms with E-state index in [9.17, 15) is 4.79 Å². The number of urea groups is 1. The number of rotatable bonds is 4. The predicted molar refractivity (Wildman–Crippen MR) is 96.5 cm³/mol. The van der Waals surface area contributed by atoms with Crippen LogP contribution in [-0.4, -0.2) is 30.8 Å². The minimum absolute atomic E-state index is 0.239. The fraction of sp³-hybridized carbons (Fsp3) is 0.211. The first-order valence-corrected chi connectivity index (χ1v) is 8.29. The van der Waals surface area contributed by atoms with Crippen LogP contribution in [0.25, 0.3) is 10.9 Å². The summed E-state index contributed by atoms with van der Waals surface area (Å²) in [5.74, 6) is 1.36. The normalized spacial score (nSPS) is 12.8. The number of aromatic amines is 1. The van der Waals surface area contributed by atoms with Gasteiger partial charge in [0.05, 0.1) is 0 Å². The van der Waals surface area contributed by atoms with E-state index in [1.165, 1.54) is 10.9 Å². The maximum atomic E-state index is 12.1. The van der Waals surface area contributed by atoms with Crippen molar-refractivity contribution in [3.8, 4) is 11.5 Å². The molecule has 0 atom stereocenters. The van der Waals surface area contributed by atoms with Gasteiger partial charge >= 0.3 is 6.03 Å². The Morgan fingerprint density at radius 1 is 1.08 bits per heavy atom. The van der Waals surface area contributed by atoms with Crippen molar-refractivity contribution in [3.05, 3.63) is 54.2 Å². The Balaban J connectivity index is 1.32. The Morgan fingerprint density at radius 2 is 1.92 bits per heavy atom. The number of H-pyrrole nitrogens is 1. The molecule has 3 aromatic rings. The molecule has 4 rings (SSSR count). The average Bonchev–Trinajstić information content (AvgIpc) is 3.05. The molecule has 2 aromatic carbocycles. The monoisotopic (exact) mass is 337 g/mol. The second kappa shape index (κ2) is 6.76. The lowest BCUT2D eigenvalue weighted by atomic mass is 10.1. The van der Waals surface area contributed by atoms with Crippen LogP contribution >= 0.6 is 0 Å². The quantitative estimate of drug-likeness (QED) is 0.684. The Labute approximate surface area is 145 Å². The van der Waals surface area contributed by atoms with Gasteiger partial charge in [0, 0.05) is 35.4 Å². The molecule has 0 saturated heterocycles. The number of amides is 2. The van der Waals surface area contributed by atoms with Crippen molar-refractivity contribution in [1.29, 1.82) is 0 Å². The number of aromatic nitrogens is 1. The van der Waals surface area contributed by atoms with Crippen LogP contribution in [-0.2, 0) is 6.42 Å². The molecule has 1 aliphatic heterocycles. The summed E-state index contributed by atoms with van der Waals surface area (Å²) in [6.45, 7) is 1.62. The summed E-state index contributed by atoms with van der Waals surface area (Å²) >= 11 is 0. The SMILES string of the molecule is O=C(NCCc1c[nH]c2ccccc12)Nc1ccc2c(c1)OCCO2. The number of hydrogen-bond donors (Lipinski definition) is 3. The first-order valence-electron chi connectivity index (χ1n) is 8.29. The van der Waals surface area contributed by atoms with Crippen LogP contribution in [0.4, 0.5) is 10.5 Å². The summed E-state index contributed by atoms with van der Waals surface area (Å²) in [5, 5.41) is 6.89. The van der Waals surface area contributed by atoms with Gasteiger partial charge in [-0.15, -0.1) is 0 Å². The van der Waals surface area contributed by atoms with Gasteiger partial charge in [-0.3, -0.25) is 0 Å². The number of carbonyl (C=O) groups is 1. The highest BCUT2D eigenvalue weighted by molar-refractivity contribution is 5.89. The number of para-hydroxylation sites is 1. The second-order valence-corrected chi connectivity index (χ2v) is 5.85. The Bertz CT molecular complexity index is 904. The standard InChI is InChI=1S/C19H19N3O3/c23-19(22-14-5-6-17-18(11-14)25-10-9-24-17)20-8-7-13-12-21-16-4-2-1-3-15(13)16/h1-6,11-12,21H,7-10H2,(H2,20,22,23). The van der Waals surface area contributed by atoms with E-state index in [1.807, 2.05) is 24.4 Å². The van der Waals surface area contributed by atoms with Crippen molar-refractivity contribution in [2.24, 2.45) is 0 Å². The maximum absolute atomic E-state index is 12.1. The van der Waals surface area contributed by atoms with Crippen LogP contribution in [0.3, 0.4) is 0 Å². The van der Waals surface area contributed by atoms with Crippen molar-refractivity contribution in [2.75, 3.05) is 25.1 Å². The topological polar surface area (TPSA) is 75.4 Å². The molecule has 1 aromatic heterocycles. The lowest BCUT2D eigenvalue weighted by Gasteiger charge is -2.19. The number of ether oxygens (including phenoxy) is 2. The van der Waals surface area contributed by atoms with Gasteiger partial charge in [0.2, 0.25) is 0 Å². The van der Waals surface area contributed by atoms with E-state index in [2.05, 4.69) is 21.7 Å². The first-order chi connectivity index (χ1) is 12.3. The van der Waals surface area contributed by atoms with Crippen molar-refractivity contribution in [3.63, 3.8) is 0 Å². The molecule has 0 aliphatic carbocycles. The van der Waals surface area contributed by atoms with Crippen LogP contribution in [0.2, 0.25) is 0 Å². The van der Waals surface area contributed by atoms with Gasteiger partial charge < -0.3 is 25.1 Å². The van der Waals surface area contributed by atoms with Crippen molar-refractivity contribution < 1.29 is 14.3 Å². The maximum Gasteiger partial charge on any atom is 0.319 e. The predicted octanol–water partition coefficient (Wildman–Crippen LogP) is 3.30. The van der Waals surface area contributed by atoms with Crippen LogP contribution in [0.5, 0.6) is 11.5 Å². The third-order valence-electron chi connectivity index (χ3n) is 4.15. The Hall–Kier alpha value is -3.15. The van der Waals surface area contributed by atoms with E-state index < -0.39 is 0 Å². The Kier molecular flexibility index (Phi) is 4.16. The summed E-state index contributed by atoms with van der Waals surface area (Å²) in [6, 6.07) is 13.3. The number of anilines is 1. The fourth-order valence-corrected chi connectivity index (χ4v) is 2.95. The van der Waals surface area contributed by atoms with Crippen molar-refractivity contribution in [1.82, 2.24) is 10.3 Å². The molecule has 0 bridgehead atoms. The molecule has 0 unspecified atom stereocenters. The van der Waals surface area contributed by atoms with Crippen LogP contribution in [0.15, 0.2) is 48.7 Å². The average molecular weight is 337 g/mol.